The molecule has 11 heteroatoms. The lowest BCUT2D eigenvalue weighted by molar-refractivity contribution is -0.258. The van der Waals surface area contributed by atoms with Crippen molar-refractivity contribution in [1.29, 1.82) is 0 Å². The quantitative estimate of drug-likeness (QED) is 0.769. The standard InChI is InChI=1S/C18H21F3N4O3S/c1-17(26,18(19,20)21)13-2-4-14(5-3-13)24-8-10-25(11-9-24)29(27,28)15-6-7-16(22)23-12-15/h2-7,12,26H,8-11H2,1H3,(H2,22,23)/t17-/m1/s1. The van der Waals surface area contributed by atoms with E-state index in [2.05, 4.69) is 4.98 Å². The number of anilines is 2. The molecule has 0 amide bonds. The lowest BCUT2D eigenvalue weighted by Crippen LogP contribution is -2.48. The minimum absolute atomic E-state index is 0.0545. The SMILES string of the molecule is C[C@@](O)(c1ccc(N2CCN(S(=O)(=O)c3ccc(N)nc3)CC2)cc1)C(F)(F)F. The summed E-state index contributed by atoms with van der Waals surface area (Å²) in [6, 6.07) is 8.25. The number of sulfonamides is 1. The van der Waals surface area contributed by atoms with Crippen molar-refractivity contribution in [2.24, 2.45) is 0 Å². The van der Waals surface area contributed by atoms with Crippen molar-refractivity contribution in [2.75, 3.05) is 36.8 Å². The molecule has 2 heterocycles. The summed E-state index contributed by atoms with van der Waals surface area (Å²) >= 11 is 0. The number of aromatic nitrogens is 1. The van der Waals surface area contributed by atoms with Crippen molar-refractivity contribution >= 4 is 21.5 Å². The van der Waals surface area contributed by atoms with Gasteiger partial charge in [-0.2, -0.15) is 17.5 Å². The topological polar surface area (TPSA) is 99.8 Å². The van der Waals surface area contributed by atoms with Crippen molar-refractivity contribution in [2.45, 2.75) is 23.6 Å². The molecule has 7 nitrogen and oxygen atoms in total. The number of halogens is 3. The minimum atomic E-state index is -4.79. The maximum Gasteiger partial charge on any atom is 0.421 e. The zero-order valence-corrected chi connectivity index (χ0v) is 16.4. The van der Waals surface area contributed by atoms with Gasteiger partial charge in [-0.3, -0.25) is 0 Å². The van der Waals surface area contributed by atoms with Gasteiger partial charge in [0.1, 0.15) is 10.7 Å². The van der Waals surface area contributed by atoms with E-state index in [0.29, 0.717) is 25.7 Å². The summed E-state index contributed by atoms with van der Waals surface area (Å²) in [6.07, 6.45) is -3.58. The highest BCUT2D eigenvalue weighted by Crippen LogP contribution is 2.39. The summed E-state index contributed by atoms with van der Waals surface area (Å²) in [5.74, 6) is 0.224. The Labute approximate surface area is 166 Å². The second-order valence-electron chi connectivity index (χ2n) is 6.93. The molecule has 0 radical (unpaired) electrons. The normalized spacial score (nSPS) is 18.4. The van der Waals surface area contributed by atoms with Gasteiger partial charge in [0.2, 0.25) is 10.0 Å². The van der Waals surface area contributed by atoms with E-state index in [0.717, 1.165) is 0 Å². The molecule has 3 N–H and O–H groups in total. The van der Waals surface area contributed by atoms with Gasteiger partial charge in [0.05, 0.1) is 0 Å². The van der Waals surface area contributed by atoms with Crippen LogP contribution in [0.3, 0.4) is 0 Å². The van der Waals surface area contributed by atoms with Crippen LogP contribution in [0.25, 0.3) is 0 Å². The number of aliphatic hydroxyl groups is 1. The van der Waals surface area contributed by atoms with Crippen LogP contribution in [0.1, 0.15) is 12.5 Å². The first-order valence-electron chi connectivity index (χ1n) is 8.79. The highest BCUT2D eigenvalue weighted by molar-refractivity contribution is 7.89. The van der Waals surface area contributed by atoms with Gasteiger partial charge in [-0.1, -0.05) is 12.1 Å². The summed E-state index contributed by atoms with van der Waals surface area (Å²) in [4.78, 5) is 5.74. The van der Waals surface area contributed by atoms with Gasteiger partial charge in [0.15, 0.2) is 5.60 Å². The van der Waals surface area contributed by atoms with E-state index < -0.39 is 21.8 Å². The molecular formula is C18H21F3N4O3S. The average molecular weight is 430 g/mol. The van der Waals surface area contributed by atoms with Gasteiger partial charge < -0.3 is 15.7 Å². The van der Waals surface area contributed by atoms with Crippen LogP contribution in [0.4, 0.5) is 24.7 Å². The molecule has 1 atom stereocenters. The van der Waals surface area contributed by atoms with Crippen LogP contribution in [-0.2, 0) is 15.6 Å². The molecule has 3 rings (SSSR count). The number of piperazine rings is 1. The van der Waals surface area contributed by atoms with E-state index in [9.17, 15) is 26.7 Å². The predicted octanol–water partition coefficient (Wildman–Crippen LogP) is 1.94. The Morgan fingerprint density at radius 2 is 1.62 bits per heavy atom. The number of benzene rings is 1. The van der Waals surface area contributed by atoms with Crippen molar-refractivity contribution in [1.82, 2.24) is 9.29 Å². The van der Waals surface area contributed by atoms with E-state index in [1.807, 2.05) is 4.90 Å². The Morgan fingerprint density at radius 1 is 1.03 bits per heavy atom. The zero-order valence-electron chi connectivity index (χ0n) is 15.6. The third-order valence-corrected chi connectivity index (χ3v) is 6.86. The molecule has 0 aliphatic carbocycles. The Kier molecular flexibility index (Phi) is 5.50. The number of alkyl halides is 3. The largest absolute Gasteiger partial charge is 0.421 e. The van der Waals surface area contributed by atoms with E-state index in [1.165, 1.54) is 46.9 Å². The van der Waals surface area contributed by atoms with Crippen LogP contribution in [0.2, 0.25) is 0 Å². The number of hydrogen-bond acceptors (Lipinski definition) is 6. The Hall–Kier alpha value is -2.37. The monoisotopic (exact) mass is 430 g/mol. The maximum atomic E-state index is 13.0. The number of rotatable bonds is 4. The van der Waals surface area contributed by atoms with Gasteiger partial charge >= 0.3 is 6.18 Å². The molecule has 1 fully saturated rings. The molecule has 2 aromatic rings. The van der Waals surface area contributed by atoms with Gasteiger partial charge in [-0.25, -0.2) is 13.4 Å². The third kappa shape index (κ3) is 4.16. The number of nitrogens with two attached hydrogens (primary N) is 1. The molecule has 1 aliphatic rings. The van der Waals surface area contributed by atoms with Crippen LogP contribution >= 0.6 is 0 Å². The molecule has 1 aromatic carbocycles. The first-order valence-corrected chi connectivity index (χ1v) is 10.2. The van der Waals surface area contributed by atoms with Crippen molar-refractivity contribution in [3.05, 3.63) is 48.2 Å². The molecule has 0 spiro atoms. The summed E-state index contributed by atoms with van der Waals surface area (Å²) in [5.41, 5.74) is 2.94. The average Bonchev–Trinajstić information content (AvgIpc) is 2.68. The lowest BCUT2D eigenvalue weighted by Gasteiger charge is -2.35. The second kappa shape index (κ2) is 7.47. The van der Waals surface area contributed by atoms with Crippen LogP contribution in [0, 0.1) is 0 Å². The molecule has 0 bridgehead atoms. The van der Waals surface area contributed by atoms with Crippen molar-refractivity contribution in [3.63, 3.8) is 0 Å². The second-order valence-corrected chi connectivity index (χ2v) is 8.86. The Morgan fingerprint density at radius 3 is 2.10 bits per heavy atom. The molecule has 29 heavy (non-hydrogen) atoms. The number of nitrogen functional groups attached to an aromatic ring is 1. The highest BCUT2D eigenvalue weighted by atomic mass is 32.2. The van der Waals surface area contributed by atoms with E-state index in [4.69, 9.17) is 5.73 Å². The first-order chi connectivity index (χ1) is 13.4. The first kappa shape index (κ1) is 21.3. The van der Waals surface area contributed by atoms with Gasteiger partial charge in [0.25, 0.3) is 0 Å². The summed E-state index contributed by atoms with van der Waals surface area (Å²) in [6.45, 7) is 1.88. The van der Waals surface area contributed by atoms with Gasteiger partial charge in [-0.05, 0) is 36.8 Å². The van der Waals surface area contributed by atoms with Crippen LogP contribution < -0.4 is 10.6 Å². The molecule has 0 unspecified atom stereocenters. The van der Waals surface area contributed by atoms with E-state index in [1.54, 1.807) is 0 Å². The predicted molar refractivity (Wildman–Crippen MR) is 102 cm³/mol. The lowest BCUT2D eigenvalue weighted by atomic mass is 9.95. The molecular weight excluding hydrogens is 409 g/mol. The summed E-state index contributed by atoms with van der Waals surface area (Å²) < 4.78 is 65.6. The number of pyridine rings is 1. The fraction of sp³-hybridized carbons (Fsp3) is 0.389. The molecule has 158 valence electrons. The fourth-order valence-corrected chi connectivity index (χ4v) is 4.41. The Bertz CT molecular complexity index is 953. The third-order valence-electron chi connectivity index (χ3n) is 4.98. The Balaban J connectivity index is 1.69. The van der Waals surface area contributed by atoms with Crippen molar-refractivity contribution < 1.29 is 26.7 Å². The van der Waals surface area contributed by atoms with Gasteiger partial charge in [0, 0.05) is 38.1 Å². The smallest absolute Gasteiger partial charge is 0.384 e. The maximum absolute atomic E-state index is 13.0. The highest BCUT2D eigenvalue weighted by Gasteiger charge is 2.51. The van der Waals surface area contributed by atoms with E-state index >= 15 is 0 Å². The number of hydrogen-bond donors (Lipinski definition) is 2. The number of nitrogens with zero attached hydrogens (tertiary/aromatic N) is 3. The van der Waals surface area contributed by atoms with Crippen molar-refractivity contribution in [3.8, 4) is 0 Å². The summed E-state index contributed by atoms with van der Waals surface area (Å²) in [5, 5.41) is 9.75. The molecule has 1 aromatic heterocycles. The molecule has 1 aliphatic heterocycles. The minimum Gasteiger partial charge on any atom is -0.384 e. The zero-order chi connectivity index (χ0) is 21.4. The fourth-order valence-electron chi connectivity index (χ4n) is 3.04. The molecule has 1 saturated heterocycles. The van der Waals surface area contributed by atoms with Crippen LogP contribution in [0.15, 0.2) is 47.5 Å². The van der Waals surface area contributed by atoms with Crippen LogP contribution in [-0.4, -0.2) is 55.2 Å². The van der Waals surface area contributed by atoms with Gasteiger partial charge in [-0.15, -0.1) is 0 Å². The van der Waals surface area contributed by atoms with E-state index in [-0.39, 0.29) is 29.4 Å². The van der Waals surface area contributed by atoms with Crippen LogP contribution in [0.5, 0.6) is 0 Å². The molecule has 0 saturated carbocycles. The summed E-state index contributed by atoms with van der Waals surface area (Å²) in [7, 11) is -3.70.